The number of allylic oxidation sites excluding steroid dienone is 1. The minimum Gasteiger partial charge on any atom is -0.490 e. The van der Waals surface area contributed by atoms with Gasteiger partial charge in [-0.15, -0.1) is 0 Å². The molecule has 1 heterocycles. The van der Waals surface area contributed by atoms with E-state index < -0.39 is 0 Å². The van der Waals surface area contributed by atoms with E-state index in [2.05, 4.69) is 13.8 Å². The molecular weight excluding hydrogens is 204 g/mol. The van der Waals surface area contributed by atoms with Crippen molar-refractivity contribution in [1.29, 1.82) is 0 Å². The van der Waals surface area contributed by atoms with E-state index in [1.165, 1.54) is 12.7 Å². The minimum absolute atomic E-state index is 0.128. The Morgan fingerprint density at radius 1 is 1.50 bits per heavy atom. The van der Waals surface area contributed by atoms with Crippen LogP contribution in [-0.2, 0) is 14.3 Å². The summed E-state index contributed by atoms with van der Waals surface area (Å²) in [5.41, 5.74) is 1.72. The standard InChI is InChI=1S/C13H20O3/c1-5-7-12-10(6-2)8-11(9(3)16-12)13(14)15-4/h8,12H,5-7H2,1-4H3. The molecule has 0 radical (unpaired) electrons. The first-order chi connectivity index (χ1) is 7.63. The largest absolute Gasteiger partial charge is 0.490 e. The Kier molecular flexibility index (Phi) is 4.59. The lowest BCUT2D eigenvalue weighted by molar-refractivity contribution is -0.136. The smallest absolute Gasteiger partial charge is 0.341 e. The maximum Gasteiger partial charge on any atom is 0.341 e. The number of esters is 1. The lowest BCUT2D eigenvalue weighted by Gasteiger charge is -2.26. The maximum atomic E-state index is 11.5. The molecule has 3 heteroatoms. The van der Waals surface area contributed by atoms with Crippen LogP contribution in [0.5, 0.6) is 0 Å². The maximum absolute atomic E-state index is 11.5. The Hall–Kier alpha value is -1.25. The van der Waals surface area contributed by atoms with Crippen LogP contribution in [-0.4, -0.2) is 19.2 Å². The van der Waals surface area contributed by atoms with E-state index in [4.69, 9.17) is 9.47 Å². The summed E-state index contributed by atoms with van der Waals surface area (Å²) in [5.74, 6) is 0.348. The van der Waals surface area contributed by atoms with E-state index in [1.54, 1.807) is 0 Å². The molecule has 0 fully saturated rings. The molecule has 90 valence electrons. The van der Waals surface area contributed by atoms with Gasteiger partial charge in [0, 0.05) is 0 Å². The molecule has 0 aliphatic carbocycles. The molecule has 0 amide bonds. The predicted octanol–water partition coefficient (Wildman–Crippen LogP) is 2.97. The highest BCUT2D eigenvalue weighted by molar-refractivity contribution is 5.92. The molecule has 1 atom stereocenters. The molecule has 0 saturated heterocycles. The second-order valence-corrected chi connectivity index (χ2v) is 3.93. The molecule has 1 aliphatic rings. The van der Waals surface area contributed by atoms with Crippen molar-refractivity contribution in [3.05, 3.63) is 23.0 Å². The predicted molar refractivity (Wildman–Crippen MR) is 62.9 cm³/mol. The van der Waals surface area contributed by atoms with Crippen molar-refractivity contribution in [1.82, 2.24) is 0 Å². The van der Waals surface area contributed by atoms with Gasteiger partial charge in [-0.3, -0.25) is 0 Å². The zero-order chi connectivity index (χ0) is 12.1. The van der Waals surface area contributed by atoms with Gasteiger partial charge in [0.25, 0.3) is 0 Å². The van der Waals surface area contributed by atoms with Crippen molar-refractivity contribution in [3.8, 4) is 0 Å². The fraction of sp³-hybridized carbons (Fsp3) is 0.615. The van der Waals surface area contributed by atoms with E-state index in [0.717, 1.165) is 19.3 Å². The first-order valence-electron chi connectivity index (χ1n) is 5.80. The van der Waals surface area contributed by atoms with Gasteiger partial charge in [-0.1, -0.05) is 20.3 Å². The highest BCUT2D eigenvalue weighted by Gasteiger charge is 2.24. The van der Waals surface area contributed by atoms with Gasteiger partial charge in [0.1, 0.15) is 11.9 Å². The summed E-state index contributed by atoms with van der Waals surface area (Å²) in [5, 5.41) is 0. The van der Waals surface area contributed by atoms with Crippen LogP contribution in [0.3, 0.4) is 0 Å². The zero-order valence-electron chi connectivity index (χ0n) is 10.5. The average molecular weight is 224 g/mol. The zero-order valence-corrected chi connectivity index (χ0v) is 10.5. The number of carbonyl (C=O) groups is 1. The topological polar surface area (TPSA) is 35.5 Å². The van der Waals surface area contributed by atoms with Gasteiger partial charge in [-0.05, 0) is 31.4 Å². The molecule has 3 nitrogen and oxygen atoms in total. The van der Waals surface area contributed by atoms with Gasteiger partial charge in [-0.25, -0.2) is 4.79 Å². The average Bonchev–Trinajstić information content (AvgIpc) is 2.29. The number of carbonyl (C=O) groups excluding carboxylic acids is 1. The third-order valence-electron chi connectivity index (χ3n) is 2.81. The van der Waals surface area contributed by atoms with E-state index in [0.29, 0.717) is 11.3 Å². The third-order valence-corrected chi connectivity index (χ3v) is 2.81. The molecule has 0 spiro atoms. The number of hydrogen-bond acceptors (Lipinski definition) is 3. The first kappa shape index (κ1) is 12.8. The first-order valence-corrected chi connectivity index (χ1v) is 5.80. The Labute approximate surface area is 97.1 Å². The molecule has 0 saturated carbocycles. The van der Waals surface area contributed by atoms with Crippen LogP contribution in [0.2, 0.25) is 0 Å². The van der Waals surface area contributed by atoms with E-state index in [1.807, 2.05) is 13.0 Å². The van der Waals surface area contributed by atoms with Crippen LogP contribution >= 0.6 is 0 Å². The Bertz CT molecular complexity index is 326. The molecule has 0 bridgehead atoms. The summed E-state index contributed by atoms with van der Waals surface area (Å²) in [6.07, 6.45) is 5.01. The lowest BCUT2D eigenvalue weighted by Crippen LogP contribution is -2.22. The Morgan fingerprint density at radius 3 is 2.69 bits per heavy atom. The molecule has 0 aromatic heterocycles. The molecule has 16 heavy (non-hydrogen) atoms. The van der Waals surface area contributed by atoms with E-state index >= 15 is 0 Å². The van der Waals surface area contributed by atoms with Crippen LogP contribution in [0.15, 0.2) is 23.0 Å². The van der Waals surface area contributed by atoms with E-state index in [-0.39, 0.29) is 12.1 Å². The SMILES string of the molecule is CCCC1OC(C)=C(C(=O)OC)C=C1CC. The summed E-state index contributed by atoms with van der Waals surface area (Å²) in [7, 11) is 1.39. The Balaban J connectivity index is 2.94. The van der Waals surface area contributed by atoms with Crippen LogP contribution in [0.4, 0.5) is 0 Å². The summed E-state index contributed by atoms with van der Waals surface area (Å²) >= 11 is 0. The highest BCUT2D eigenvalue weighted by Crippen LogP contribution is 2.28. The fourth-order valence-electron chi connectivity index (χ4n) is 1.88. The molecule has 0 aromatic carbocycles. The van der Waals surface area contributed by atoms with Gasteiger partial charge in [-0.2, -0.15) is 0 Å². The second kappa shape index (κ2) is 5.73. The fourth-order valence-corrected chi connectivity index (χ4v) is 1.88. The quantitative estimate of drug-likeness (QED) is 0.689. The van der Waals surface area contributed by atoms with Gasteiger partial charge in [0.15, 0.2) is 0 Å². The molecule has 1 aliphatic heterocycles. The third kappa shape index (κ3) is 2.65. The van der Waals surface area contributed by atoms with Gasteiger partial charge in [0.2, 0.25) is 0 Å². The summed E-state index contributed by atoms with van der Waals surface area (Å²) in [6, 6.07) is 0. The van der Waals surface area contributed by atoms with Gasteiger partial charge >= 0.3 is 5.97 Å². The van der Waals surface area contributed by atoms with E-state index in [9.17, 15) is 4.79 Å². The van der Waals surface area contributed by atoms with Crippen molar-refractivity contribution in [2.75, 3.05) is 7.11 Å². The van der Waals surface area contributed by atoms with Gasteiger partial charge < -0.3 is 9.47 Å². The highest BCUT2D eigenvalue weighted by atomic mass is 16.5. The van der Waals surface area contributed by atoms with Crippen LogP contribution in [0.1, 0.15) is 40.0 Å². The number of ether oxygens (including phenoxy) is 2. The number of rotatable bonds is 4. The summed E-state index contributed by atoms with van der Waals surface area (Å²) in [6.45, 7) is 6.02. The minimum atomic E-state index is -0.321. The molecule has 1 rings (SSSR count). The number of methoxy groups -OCH3 is 1. The van der Waals surface area contributed by atoms with Gasteiger partial charge in [0.05, 0.1) is 12.7 Å². The van der Waals surface area contributed by atoms with Crippen molar-refractivity contribution in [2.45, 2.75) is 46.1 Å². The van der Waals surface area contributed by atoms with Crippen molar-refractivity contribution < 1.29 is 14.3 Å². The molecule has 0 N–H and O–H groups in total. The molecular formula is C13H20O3. The van der Waals surface area contributed by atoms with Crippen molar-refractivity contribution in [3.63, 3.8) is 0 Å². The van der Waals surface area contributed by atoms with Crippen LogP contribution in [0, 0.1) is 0 Å². The monoisotopic (exact) mass is 224 g/mol. The second-order valence-electron chi connectivity index (χ2n) is 3.93. The van der Waals surface area contributed by atoms with Crippen molar-refractivity contribution in [2.24, 2.45) is 0 Å². The van der Waals surface area contributed by atoms with Crippen LogP contribution < -0.4 is 0 Å². The Morgan fingerprint density at radius 2 is 2.19 bits per heavy atom. The summed E-state index contributed by atoms with van der Waals surface area (Å²) < 4.78 is 10.5. The molecule has 1 unspecified atom stereocenters. The lowest BCUT2D eigenvalue weighted by atomic mass is 9.97. The normalized spacial score (nSPS) is 20.2. The summed E-state index contributed by atoms with van der Waals surface area (Å²) in [4.78, 5) is 11.5. The molecule has 0 aromatic rings. The number of hydrogen-bond donors (Lipinski definition) is 0. The van der Waals surface area contributed by atoms with Crippen molar-refractivity contribution >= 4 is 5.97 Å². The van der Waals surface area contributed by atoms with Crippen LogP contribution in [0.25, 0.3) is 0 Å².